The Kier molecular flexibility index (Phi) is 3.10. The smallest absolute Gasteiger partial charge is 0.196 e. The second-order valence-corrected chi connectivity index (χ2v) is 3.68. The summed E-state index contributed by atoms with van der Waals surface area (Å²) >= 11 is 0. The van der Waals surface area contributed by atoms with Crippen molar-refractivity contribution in [3.05, 3.63) is 59.7 Å². The molecule has 0 spiro atoms. The molecule has 3 nitrogen and oxygen atoms in total. The van der Waals surface area contributed by atoms with E-state index in [1.54, 1.807) is 43.4 Å². The minimum atomic E-state index is -0.175. The summed E-state index contributed by atoms with van der Waals surface area (Å²) in [6, 6.07) is 13.8. The van der Waals surface area contributed by atoms with Crippen molar-refractivity contribution in [2.75, 3.05) is 12.4 Å². The van der Waals surface area contributed by atoms with Gasteiger partial charge in [0.15, 0.2) is 5.78 Å². The average molecular weight is 227 g/mol. The molecule has 0 aromatic heterocycles. The van der Waals surface area contributed by atoms with E-state index in [1.807, 2.05) is 6.07 Å². The minimum Gasteiger partial charge on any atom is -0.507 e. The molecule has 2 rings (SSSR count). The number of nitrogens with one attached hydrogen (secondary N) is 1. The van der Waals surface area contributed by atoms with Gasteiger partial charge in [0.25, 0.3) is 0 Å². The van der Waals surface area contributed by atoms with Gasteiger partial charge in [0.1, 0.15) is 5.75 Å². The van der Waals surface area contributed by atoms with Gasteiger partial charge in [0.2, 0.25) is 0 Å². The van der Waals surface area contributed by atoms with Gasteiger partial charge in [0, 0.05) is 24.4 Å². The molecule has 86 valence electrons. The largest absolute Gasteiger partial charge is 0.507 e. The number of rotatable bonds is 3. The van der Waals surface area contributed by atoms with Crippen molar-refractivity contribution in [2.45, 2.75) is 0 Å². The maximum atomic E-state index is 12.1. The first-order valence-electron chi connectivity index (χ1n) is 5.33. The summed E-state index contributed by atoms with van der Waals surface area (Å²) in [5.41, 5.74) is 1.65. The number of carbonyl (C=O) groups is 1. The lowest BCUT2D eigenvalue weighted by atomic mass is 10.0. The van der Waals surface area contributed by atoms with E-state index in [-0.39, 0.29) is 11.5 Å². The van der Waals surface area contributed by atoms with Gasteiger partial charge in [-0.05, 0) is 12.1 Å². The highest BCUT2D eigenvalue weighted by atomic mass is 16.3. The summed E-state index contributed by atoms with van der Waals surface area (Å²) in [5.74, 6) is -0.184. The number of phenols is 1. The number of benzene rings is 2. The first-order valence-corrected chi connectivity index (χ1v) is 5.33. The van der Waals surface area contributed by atoms with E-state index in [9.17, 15) is 9.90 Å². The Hall–Kier alpha value is -2.29. The van der Waals surface area contributed by atoms with Crippen LogP contribution in [0.1, 0.15) is 15.9 Å². The number of hydrogen-bond donors (Lipinski definition) is 2. The molecule has 0 heterocycles. The van der Waals surface area contributed by atoms with E-state index >= 15 is 0 Å². The van der Waals surface area contributed by atoms with Crippen LogP contribution in [-0.2, 0) is 0 Å². The molecule has 0 aliphatic carbocycles. The Labute approximate surface area is 99.7 Å². The fourth-order valence-corrected chi connectivity index (χ4v) is 1.62. The standard InChI is InChI=1S/C14H13NO2/c1-15-11-7-8-12(13(16)9-11)14(17)10-5-3-2-4-6-10/h2-9,15-16H,1H3. The van der Waals surface area contributed by atoms with Crippen LogP contribution in [0.3, 0.4) is 0 Å². The fourth-order valence-electron chi connectivity index (χ4n) is 1.62. The third-order valence-electron chi connectivity index (χ3n) is 2.57. The Morgan fingerprint density at radius 3 is 2.41 bits per heavy atom. The van der Waals surface area contributed by atoms with Crippen molar-refractivity contribution in [2.24, 2.45) is 0 Å². The maximum absolute atomic E-state index is 12.1. The fraction of sp³-hybridized carbons (Fsp3) is 0.0714. The van der Waals surface area contributed by atoms with E-state index in [0.29, 0.717) is 11.1 Å². The van der Waals surface area contributed by atoms with Crippen LogP contribution in [0.25, 0.3) is 0 Å². The molecule has 17 heavy (non-hydrogen) atoms. The number of phenolic OH excluding ortho intramolecular Hbond substituents is 1. The Bertz CT molecular complexity index is 535. The van der Waals surface area contributed by atoms with E-state index in [2.05, 4.69) is 5.32 Å². The van der Waals surface area contributed by atoms with Crippen molar-refractivity contribution in [3.63, 3.8) is 0 Å². The first kappa shape index (κ1) is 11.2. The lowest BCUT2D eigenvalue weighted by Crippen LogP contribution is -2.01. The van der Waals surface area contributed by atoms with Gasteiger partial charge in [-0.15, -0.1) is 0 Å². The molecule has 3 heteroatoms. The molecule has 0 fully saturated rings. The normalized spacial score (nSPS) is 9.94. The van der Waals surface area contributed by atoms with Crippen molar-refractivity contribution >= 4 is 11.5 Å². The molecular weight excluding hydrogens is 214 g/mol. The van der Waals surface area contributed by atoms with E-state index in [1.165, 1.54) is 6.07 Å². The monoisotopic (exact) mass is 227 g/mol. The highest BCUT2D eigenvalue weighted by Gasteiger charge is 2.13. The van der Waals surface area contributed by atoms with Crippen LogP contribution >= 0.6 is 0 Å². The molecule has 0 saturated heterocycles. The zero-order valence-corrected chi connectivity index (χ0v) is 9.47. The summed E-state index contributed by atoms with van der Waals surface area (Å²) < 4.78 is 0. The Morgan fingerprint density at radius 1 is 1.12 bits per heavy atom. The number of carbonyl (C=O) groups excluding carboxylic acids is 1. The molecule has 0 amide bonds. The third-order valence-corrected chi connectivity index (χ3v) is 2.57. The molecule has 0 radical (unpaired) electrons. The predicted molar refractivity (Wildman–Crippen MR) is 67.5 cm³/mol. The number of aromatic hydroxyl groups is 1. The molecule has 0 aliphatic rings. The van der Waals surface area contributed by atoms with Crippen molar-refractivity contribution in [1.82, 2.24) is 0 Å². The molecular formula is C14H13NO2. The van der Waals surface area contributed by atoms with E-state index in [4.69, 9.17) is 0 Å². The minimum absolute atomic E-state index is 0.00861. The van der Waals surface area contributed by atoms with Gasteiger partial charge >= 0.3 is 0 Å². The number of hydrogen-bond acceptors (Lipinski definition) is 3. The molecule has 0 atom stereocenters. The summed E-state index contributed by atoms with van der Waals surface area (Å²) in [6.07, 6.45) is 0. The van der Waals surface area contributed by atoms with Crippen molar-refractivity contribution in [1.29, 1.82) is 0 Å². The van der Waals surface area contributed by atoms with Crippen molar-refractivity contribution < 1.29 is 9.90 Å². The highest BCUT2D eigenvalue weighted by molar-refractivity contribution is 6.10. The molecule has 0 unspecified atom stereocenters. The lowest BCUT2D eigenvalue weighted by Gasteiger charge is -2.06. The van der Waals surface area contributed by atoms with Gasteiger partial charge < -0.3 is 10.4 Å². The van der Waals surface area contributed by atoms with Gasteiger partial charge in [-0.25, -0.2) is 0 Å². The zero-order chi connectivity index (χ0) is 12.3. The third kappa shape index (κ3) is 2.28. The second kappa shape index (κ2) is 4.70. The molecule has 0 aliphatic heterocycles. The second-order valence-electron chi connectivity index (χ2n) is 3.68. The van der Waals surface area contributed by atoms with Crippen LogP contribution < -0.4 is 5.32 Å². The van der Waals surface area contributed by atoms with Crippen LogP contribution in [0.4, 0.5) is 5.69 Å². The molecule has 2 aromatic rings. The quantitative estimate of drug-likeness (QED) is 0.792. The van der Waals surface area contributed by atoms with Gasteiger partial charge in [-0.1, -0.05) is 30.3 Å². The molecule has 2 aromatic carbocycles. The molecule has 2 N–H and O–H groups in total. The summed E-state index contributed by atoms with van der Waals surface area (Å²) in [5, 5.41) is 12.7. The molecule has 0 saturated carbocycles. The Balaban J connectivity index is 2.38. The summed E-state index contributed by atoms with van der Waals surface area (Å²) in [7, 11) is 1.76. The van der Waals surface area contributed by atoms with Crippen LogP contribution in [-0.4, -0.2) is 17.9 Å². The molecule has 0 bridgehead atoms. The number of anilines is 1. The maximum Gasteiger partial charge on any atom is 0.196 e. The topological polar surface area (TPSA) is 49.3 Å². The van der Waals surface area contributed by atoms with Crippen LogP contribution in [0.5, 0.6) is 5.75 Å². The summed E-state index contributed by atoms with van der Waals surface area (Å²) in [4.78, 5) is 12.1. The van der Waals surface area contributed by atoms with E-state index in [0.717, 1.165) is 5.69 Å². The van der Waals surface area contributed by atoms with Crippen LogP contribution in [0.2, 0.25) is 0 Å². The highest BCUT2D eigenvalue weighted by Crippen LogP contribution is 2.24. The van der Waals surface area contributed by atoms with Crippen molar-refractivity contribution in [3.8, 4) is 5.75 Å². The average Bonchev–Trinajstić information content (AvgIpc) is 2.39. The Morgan fingerprint density at radius 2 is 1.82 bits per heavy atom. The van der Waals surface area contributed by atoms with E-state index < -0.39 is 0 Å². The van der Waals surface area contributed by atoms with Gasteiger partial charge in [0.05, 0.1) is 5.56 Å². The summed E-state index contributed by atoms with van der Waals surface area (Å²) in [6.45, 7) is 0. The van der Waals surface area contributed by atoms with Gasteiger partial charge in [-0.3, -0.25) is 4.79 Å². The van der Waals surface area contributed by atoms with Crippen LogP contribution in [0.15, 0.2) is 48.5 Å². The zero-order valence-electron chi connectivity index (χ0n) is 9.47. The SMILES string of the molecule is CNc1ccc(C(=O)c2ccccc2)c(O)c1. The number of ketones is 1. The van der Waals surface area contributed by atoms with Crippen LogP contribution in [0, 0.1) is 0 Å². The van der Waals surface area contributed by atoms with Gasteiger partial charge in [-0.2, -0.15) is 0 Å². The predicted octanol–water partition coefficient (Wildman–Crippen LogP) is 2.66. The lowest BCUT2D eigenvalue weighted by molar-refractivity contribution is 0.103. The first-order chi connectivity index (χ1) is 8.22.